The first-order valence-electron chi connectivity index (χ1n) is 9.84. The molecule has 22 heavy (non-hydrogen) atoms. The molecule has 1 saturated carbocycles. The van der Waals surface area contributed by atoms with Gasteiger partial charge in [0, 0.05) is 6.42 Å². The van der Waals surface area contributed by atoms with E-state index in [0.717, 1.165) is 18.3 Å². The molecule has 130 valence electrons. The molecular weight excluding hydrogens is 272 g/mol. The number of methoxy groups -OCH3 is 1. The van der Waals surface area contributed by atoms with E-state index >= 15 is 0 Å². The Labute approximate surface area is 138 Å². The van der Waals surface area contributed by atoms with E-state index in [2.05, 4.69) is 11.7 Å². The highest BCUT2D eigenvalue weighted by atomic mass is 16.5. The van der Waals surface area contributed by atoms with Gasteiger partial charge in [0.25, 0.3) is 0 Å². The van der Waals surface area contributed by atoms with Crippen molar-refractivity contribution in [3.8, 4) is 0 Å². The second kappa shape index (κ2) is 13.0. The molecule has 1 rings (SSSR count). The monoisotopic (exact) mass is 310 g/mol. The van der Waals surface area contributed by atoms with Crippen LogP contribution in [0.15, 0.2) is 0 Å². The molecule has 0 N–H and O–H groups in total. The predicted octanol–water partition coefficient (Wildman–Crippen LogP) is 6.28. The summed E-state index contributed by atoms with van der Waals surface area (Å²) >= 11 is 0. The zero-order valence-electron chi connectivity index (χ0n) is 15.1. The van der Waals surface area contributed by atoms with E-state index in [1.165, 1.54) is 90.6 Å². The molecule has 2 atom stereocenters. The van der Waals surface area contributed by atoms with E-state index in [0.29, 0.717) is 6.42 Å². The summed E-state index contributed by atoms with van der Waals surface area (Å²) in [6.07, 6.45) is 19.9. The van der Waals surface area contributed by atoms with Crippen molar-refractivity contribution in [2.24, 2.45) is 11.8 Å². The zero-order valence-corrected chi connectivity index (χ0v) is 15.1. The number of esters is 1. The third-order valence-electron chi connectivity index (χ3n) is 5.18. The van der Waals surface area contributed by atoms with Crippen molar-refractivity contribution in [2.75, 3.05) is 7.11 Å². The van der Waals surface area contributed by atoms with Crippen LogP contribution in [0.3, 0.4) is 0 Å². The van der Waals surface area contributed by atoms with Gasteiger partial charge in [-0.05, 0) is 24.7 Å². The van der Waals surface area contributed by atoms with Crippen molar-refractivity contribution in [3.63, 3.8) is 0 Å². The second-order valence-corrected chi connectivity index (χ2v) is 7.19. The molecule has 1 fully saturated rings. The van der Waals surface area contributed by atoms with Crippen molar-refractivity contribution < 1.29 is 9.53 Å². The number of unbranched alkanes of at least 4 members (excludes halogenated alkanes) is 9. The van der Waals surface area contributed by atoms with Crippen LogP contribution in [0.25, 0.3) is 0 Å². The highest BCUT2D eigenvalue weighted by molar-refractivity contribution is 5.68. The van der Waals surface area contributed by atoms with Gasteiger partial charge in [0.1, 0.15) is 0 Å². The highest BCUT2D eigenvalue weighted by Gasteiger charge is 2.34. The van der Waals surface area contributed by atoms with Gasteiger partial charge in [-0.3, -0.25) is 4.79 Å². The lowest BCUT2D eigenvalue weighted by Crippen LogP contribution is -1.99. The maximum atomic E-state index is 11.0. The number of ether oxygens (including phenoxy) is 1. The number of hydrogen-bond donors (Lipinski definition) is 0. The summed E-state index contributed by atoms with van der Waals surface area (Å²) < 4.78 is 4.64. The van der Waals surface area contributed by atoms with E-state index in [1.54, 1.807) is 0 Å². The molecule has 0 radical (unpaired) electrons. The van der Waals surface area contributed by atoms with Gasteiger partial charge in [-0.15, -0.1) is 0 Å². The Bertz CT molecular complexity index is 275. The van der Waals surface area contributed by atoms with E-state index in [-0.39, 0.29) is 5.97 Å². The van der Waals surface area contributed by atoms with Gasteiger partial charge in [0.2, 0.25) is 0 Å². The molecule has 1 aliphatic carbocycles. The SMILES string of the molecule is CCCCCC[C@H]1C[C@H]1CCCCCCCCCC(=O)OC. The molecule has 0 bridgehead atoms. The number of rotatable bonds is 15. The van der Waals surface area contributed by atoms with Gasteiger partial charge < -0.3 is 4.74 Å². The Morgan fingerprint density at radius 3 is 1.86 bits per heavy atom. The second-order valence-electron chi connectivity index (χ2n) is 7.19. The van der Waals surface area contributed by atoms with Gasteiger partial charge in [0.15, 0.2) is 0 Å². The van der Waals surface area contributed by atoms with Gasteiger partial charge in [0.05, 0.1) is 7.11 Å². The van der Waals surface area contributed by atoms with Crippen molar-refractivity contribution in [2.45, 2.75) is 103 Å². The molecule has 0 amide bonds. The first-order chi connectivity index (χ1) is 10.8. The molecule has 0 heterocycles. The lowest BCUT2D eigenvalue weighted by molar-refractivity contribution is -0.140. The van der Waals surface area contributed by atoms with Crippen LogP contribution in [-0.4, -0.2) is 13.1 Å². The van der Waals surface area contributed by atoms with Crippen LogP contribution < -0.4 is 0 Å². The minimum atomic E-state index is -0.0614. The van der Waals surface area contributed by atoms with Gasteiger partial charge in [-0.1, -0.05) is 84.0 Å². The smallest absolute Gasteiger partial charge is 0.305 e. The highest BCUT2D eigenvalue weighted by Crippen LogP contribution is 2.45. The number of carbonyl (C=O) groups is 1. The Balaban J connectivity index is 1.75. The Morgan fingerprint density at radius 2 is 1.32 bits per heavy atom. The molecule has 0 aliphatic heterocycles. The maximum Gasteiger partial charge on any atom is 0.305 e. The third kappa shape index (κ3) is 10.2. The lowest BCUT2D eigenvalue weighted by atomic mass is 10.0. The average Bonchev–Trinajstić information content (AvgIpc) is 3.28. The van der Waals surface area contributed by atoms with E-state index in [1.807, 2.05) is 0 Å². The van der Waals surface area contributed by atoms with E-state index < -0.39 is 0 Å². The van der Waals surface area contributed by atoms with Gasteiger partial charge in [-0.25, -0.2) is 0 Å². The summed E-state index contributed by atoms with van der Waals surface area (Å²) in [5.74, 6) is 2.12. The lowest BCUT2D eigenvalue weighted by Gasteiger charge is -2.03. The molecular formula is C20H38O2. The van der Waals surface area contributed by atoms with Gasteiger partial charge >= 0.3 is 5.97 Å². The topological polar surface area (TPSA) is 26.3 Å². The predicted molar refractivity (Wildman–Crippen MR) is 93.9 cm³/mol. The van der Waals surface area contributed by atoms with Gasteiger partial charge in [-0.2, -0.15) is 0 Å². The molecule has 0 spiro atoms. The van der Waals surface area contributed by atoms with Crippen molar-refractivity contribution >= 4 is 5.97 Å². The number of hydrogen-bond acceptors (Lipinski definition) is 2. The summed E-state index contributed by atoms with van der Waals surface area (Å²) in [7, 11) is 1.47. The van der Waals surface area contributed by atoms with E-state index in [4.69, 9.17) is 0 Å². The summed E-state index contributed by atoms with van der Waals surface area (Å²) in [5, 5.41) is 0. The standard InChI is InChI=1S/C20H38O2/c1-3-4-5-11-14-18-17-19(18)15-12-9-7-6-8-10-13-16-20(21)22-2/h18-19H,3-17H2,1-2H3/t18-,19+/m0/s1. The van der Waals surface area contributed by atoms with Crippen LogP contribution in [0.4, 0.5) is 0 Å². The molecule has 0 aromatic carbocycles. The Hall–Kier alpha value is -0.530. The summed E-state index contributed by atoms with van der Waals surface area (Å²) in [6, 6.07) is 0. The minimum absolute atomic E-state index is 0.0614. The number of carbonyl (C=O) groups excluding carboxylic acids is 1. The minimum Gasteiger partial charge on any atom is -0.469 e. The molecule has 0 aromatic rings. The quantitative estimate of drug-likeness (QED) is 0.263. The van der Waals surface area contributed by atoms with Crippen LogP contribution in [0.1, 0.15) is 103 Å². The largest absolute Gasteiger partial charge is 0.469 e. The molecule has 1 aliphatic rings. The van der Waals surface area contributed by atoms with Crippen molar-refractivity contribution in [3.05, 3.63) is 0 Å². The molecule has 2 nitrogen and oxygen atoms in total. The fraction of sp³-hybridized carbons (Fsp3) is 0.950. The van der Waals surface area contributed by atoms with Crippen LogP contribution >= 0.6 is 0 Å². The maximum absolute atomic E-state index is 11.0. The fourth-order valence-electron chi connectivity index (χ4n) is 3.51. The van der Waals surface area contributed by atoms with E-state index in [9.17, 15) is 4.79 Å². The average molecular weight is 311 g/mol. The molecule has 0 aromatic heterocycles. The summed E-state index contributed by atoms with van der Waals surface area (Å²) in [5.41, 5.74) is 0. The first-order valence-corrected chi connectivity index (χ1v) is 9.84. The summed E-state index contributed by atoms with van der Waals surface area (Å²) in [4.78, 5) is 11.0. The normalized spacial score (nSPS) is 20.1. The zero-order chi connectivity index (χ0) is 16.0. The third-order valence-corrected chi connectivity index (χ3v) is 5.18. The molecule has 2 heteroatoms. The van der Waals surface area contributed by atoms with Crippen LogP contribution in [-0.2, 0) is 9.53 Å². The first kappa shape index (κ1) is 19.5. The Kier molecular flexibility index (Phi) is 11.5. The van der Waals surface area contributed by atoms with Crippen molar-refractivity contribution in [1.29, 1.82) is 0 Å². The van der Waals surface area contributed by atoms with Crippen molar-refractivity contribution in [1.82, 2.24) is 0 Å². The fourth-order valence-corrected chi connectivity index (χ4v) is 3.51. The van der Waals surface area contributed by atoms with Crippen LogP contribution in [0, 0.1) is 11.8 Å². The van der Waals surface area contributed by atoms with Crippen LogP contribution in [0.5, 0.6) is 0 Å². The molecule has 0 unspecified atom stereocenters. The Morgan fingerprint density at radius 1 is 0.818 bits per heavy atom. The van der Waals surface area contributed by atoms with Crippen LogP contribution in [0.2, 0.25) is 0 Å². The molecule has 0 saturated heterocycles. The summed E-state index contributed by atoms with van der Waals surface area (Å²) in [6.45, 7) is 2.29.